The molecular weight excluding hydrogens is 380 g/mol. The third-order valence-corrected chi connectivity index (χ3v) is 5.15. The molecule has 0 saturated heterocycles. The zero-order valence-electron chi connectivity index (χ0n) is 18.1. The Kier molecular flexibility index (Phi) is 11.4. The Morgan fingerprint density at radius 2 is 1.28 bits per heavy atom. The lowest BCUT2D eigenvalue weighted by Gasteiger charge is -2.27. The van der Waals surface area contributed by atoms with Crippen molar-refractivity contribution in [3.8, 4) is 0 Å². The van der Waals surface area contributed by atoms with Gasteiger partial charge in [0.05, 0.1) is 12.1 Å². The largest absolute Gasteiger partial charge is 0.480 e. The second-order valence-electron chi connectivity index (χ2n) is 7.58. The SMILES string of the molecule is CCC(C)C(N)C(=O)NC(C)C(=O)NC(C(=O)NC(C(=O)O)C(C)CC)C(C)O. The summed E-state index contributed by atoms with van der Waals surface area (Å²) in [6.45, 7) is 9.89. The van der Waals surface area contributed by atoms with Gasteiger partial charge < -0.3 is 31.9 Å². The summed E-state index contributed by atoms with van der Waals surface area (Å²) in [4.78, 5) is 48.4. The Labute approximate surface area is 172 Å². The summed E-state index contributed by atoms with van der Waals surface area (Å²) in [7, 11) is 0. The highest BCUT2D eigenvalue weighted by molar-refractivity contribution is 5.94. The number of carbonyl (C=O) groups excluding carboxylic acids is 3. The average molecular weight is 417 g/mol. The second kappa shape index (κ2) is 12.4. The lowest BCUT2D eigenvalue weighted by molar-refractivity contribution is -0.144. The summed E-state index contributed by atoms with van der Waals surface area (Å²) in [5, 5.41) is 26.4. The second-order valence-corrected chi connectivity index (χ2v) is 7.58. The van der Waals surface area contributed by atoms with E-state index in [1.165, 1.54) is 13.8 Å². The van der Waals surface area contributed by atoms with E-state index in [9.17, 15) is 29.4 Å². The normalized spacial score (nSPS) is 18.3. The first-order chi connectivity index (χ1) is 13.4. The molecule has 0 aliphatic carbocycles. The van der Waals surface area contributed by atoms with Gasteiger partial charge >= 0.3 is 5.97 Å². The Morgan fingerprint density at radius 3 is 1.69 bits per heavy atom. The molecule has 0 aliphatic heterocycles. The molecule has 0 bridgehead atoms. The fourth-order valence-corrected chi connectivity index (χ4v) is 2.50. The van der Waals surface area contributed by atoms with Crippen molar-refractivity contribution in [3.05, 3.63) is 0 Å². The molecule has 0 fully saturated rings. The van der Waals surface area contributed by atoms with Gasteiger partial charge in [-0.2, -0.15) is 0 Å². The minimum absolute atomic E-state index is 0.0743. The molecule has 0 aromatic carbocycles. The van der Waals surface area contributed by atoms with Crippen LogP contribution < -0.4 is 21.7 Å². The Balaban J connectivity index is 5.10. The van der Waals surface area contributed by atoms with Gasteiger partial charge in [0.2, 0.25) is 17.7 Å². The van der Waals surface area contributed by atoms with Crippen LogP contribution in [0.15, 0.2) is 0 Å². The number of carbonyl (C=O) groups is 4. The maximum absolute atomic E-state index is 12.5. The number of nitrogens with two attached hydrogens (primary N) is 1. The number of nitrogens with one attached hydrogen (secondary N) is 3. The maximum atomic E-state index is 12.5. The van der Waals surface area contributed by atoms with Crippen LogP contribution in [0, 0.1) is 11.8 Å². The highest BCUT2D eigenvalue weighted by atomic mass is 16.4. The molecular formula is C19H36N4O6. The molecule has 168 valence electrons. The van der Waals surface area contributed by atoms with Gasteiger partial charge in [0.15, 0.2) is 0 Å². The molecule has 7 unspecified atom stereocenters. The van der Waals surface area contributed by atoms with Gasteiger partial charge in [0, 0.05) is 0 Å². The van der Waals surface area contributed by atoms with Gasteiger partial charge in [0.25, 0.3) is 0 Å². The van der Waals surface area contributed by atoms with E-state index in [0.29, 0.717) is 12.8 Å². The number of rotatable bonds is 12. The van der Waals surface area contributed by atoms with Crippen LogP contribution in [0.2, 0.25) is 0 Å². The minimum atomic E-state index is -1.38. The van der Waals surface area contributed by atoms with E-state index >= 15 is 0 Å². The van der Waals surface area contributed by atoms with Gasteiger partial charge in [-0.3, -0.25) is 14.4 Å². The monoisotopic (exact) mass is 416 g/mol. The standard InChI is InChI=1S/C19H36N4O6/c1-7-9(3)13(20)17(26)21-11(5)16(25)23-15(12(6)24)18(27)22-14(19(28)29)10(4)8-2/h9-15,24H,7-8,20H2,1-6H3,(H,21,26)(H,22,27)(H,23,25)(H,28,29). The van der Waals surface area contributed by atoms with E-state index in [1.807, 2.05) is 13.8 Å². The van der Waals surface area contributed by atoms with Crippen molar-refractivity contribution in [1.82, 2.24) is 16.0 Å². The summed E-state index contributed by atoms with van der Waals surface area (Å²) < 4.78 is 0. The Hall–Kier alpha value is -2.20. The van der Waals surface area contributed by atoms with Crippen LogP contribution in [0.25, 0.3) is 0 Å². The third-order valence-electron chi connectivity index (χ3n) is 5.15. The number of aliphatic hydroxyl groups excluding tert-OH is 1. The summed E-state index contributed by atoms with van der Waals surface area (Å²) in [5.74, 6) is -3.65. The quantitative estimate of drug-likeness (QED) is 0.245. The number of hydrogen-bond donors (Lipinski definition) is 6. The van der Waals surface area contributed by atoms with E-state index in [0.717, 1.165) is 0 Å². The molecule has 7 N–H and O–H groups in total. The highest BCUT2D eigenvalue weighted by Gasteiger charge is 2.33. The maximum Gasteiger partial charge on any atom is 0.326 e. The summed E-state index contributed by atoms with van der Waals surface area (Å²) in [5.41, 5.74) is 5.84. The van der Waals surface area contributed by atoms with Crippen molar-refractivity contribution in [2.45, 2.75) is 84.7 Å². The number of amides is 3. The first kappa shape index (κ1) is 26.8. The fourth-order valence-electron chi connectivity index (χ4n) is 2.50. The molecule has 0 heterocycles. The molecule has 7 atom stereocenters. The van der Waals surface area contributed by atoms with E-state index < -0.39 is 54.0 Å². The van der Waals surface area contributed by atoms with Crippen molar-refractivity contribution in [2.75, 3.05) is 0 Å². The van der Waals surface area contributed by atoms with Gasteiger partial charge in [-0.05, 0) is 25.7 Å². The van der Waals surface area contributed by atoms with Crippen LogP contribution in [-0.2, 0) is 19.2 Å². The van der Waals surface area contributed by atoms with Gasteiger partial charge in [-0.15, -0.1) is 0 Å². The highest BCUT2D eigenvalue weighted by Crippen LogP contribution is 2.09. The smallest absolute Gasteiger partial charge is 0.326 e. The zero-order chi connectivity index (χ0) is 22.9. The molecule has 0 saturated carbocycles. The molecule has 0 aliphatic rings. The number of aliphatic carboxylic acids is 1. The predicted octanol–water partition coefficient (Wildman–Crippen LogP) is -0.654. The van der Waals surface area contributed by atoms with Crippen LogP contribution >= 0.6 is 0 Å². The molecule has 0 rings (SSSR count). The van der Waals surface area contributed by atoms with Crippen molar-refractivity contribution >= 4 is 23.7 Å². The molecule has 0 aromatic rings. The van der Waals surface area contributed by atoms with Gasteiger partial charge in [-0.25, -0.2) is 4.79 Å². The van der Waals surface area contributed by atoms with E-state index in [-0.39, 0.29) is 11.8 Å². The van der Waals surface area contributed by atoms with Crippen LogP contribution in [0.4, 0.5) is 0 Å². The molecule has 10 heteroatoms. The lowest BCUT2D eigenvalue weighted by atomic mass is 9.98. The predicted molar refractivity (Wildman–Crippen MR) is 108 cm³/mol. The van der Waals surface area contributed by atoms with Gasteiger partial charge in [0.1, 0.15) is 18.1 Å². The summed E-state index contributed by atoms with van der Waals surface area (Å²) in [6, 6.07) is -4.32. The number of carboxylic acid groups (broad SMARTS) is 1. The zero-order valence-corrected chi connectivity index (χ0v) is 18.1. The molecule has 10 nitrogen and oxygen atoms in total. The van der Waals surface area contributed by atoms with Gasteiger partial charge in [-0.1, -0.05) is 40.5 Å². The van der Waals surface area contributed by atoms with E-state index in [4.69, 9.17) is 5.73 Å². The lowest BCUT2D eigenvalue weighted by Crippen LogP contribution is -2.60. The van der Waals surface area contributed by atoms with E-state index in [2.05, 4.69) is 16.0 Å². The molecule has 0 aromatic heterocycles. The first-order valence-corrected chi connectivity index (χ1v) is 9.94. The number of hydrogen-bond acceptors (Lipinski definition) is 6. The third kappa shape index (κ3) is 8.36. The van der Waals surface area contributed by atoms with Crippen molar-refractivity contribution < 1.29 is 29.4 Å². The average Bonchev–Trinajstić information content (AvgIpc) is 2.66. The topological polar surface area (TPSA) is 171 Å². The van der Waals surface area contributed by atoms with Crippen LogP contribution in [0.1, 0.15) is 54.4 Å². The van der Waals surface area contributed by atoms with Crippen LogP contribution in [-0.4, -0.2) is 64.2 Å². The van der Waals surface area contributed by atoms with Crippen molar-refractivity contribution in [3.63, 3.8) is 0 Å². The fraction of sp³-hybridized carbons (Fsp3) is 0.789. The number of carboxylic acids is 1. The summed E-state index contributed by atoms with van der Waals surface area (Å²) in [6.07, 6.45) is -0.0707. The van der Waals surface area contributed by atoms with Crippen molar-refractivity contribution in [2.24, 2.45) is 17.6 Å². The summed E-state index contributed by atoms with van der Waals surface area (Å²) >= 11 is 0. The van der Waals surface area contributed by atoms with E-state index in [1.54, 1.807) is 13.8 Å². The first-order valence-electron chi connectivity index (χ1n) is 9.94. The van der Waals surface area contributed by atoms with Crippen LogP contribution in [0.3, 0.4) is 0 Å². The van der Waals surface area contributed by atoms with Crippen LogP contribution in [0.5, 0.6) is 0 Å². The molecule has 29 heavy (non-hydrogen) atoms. The molecule has 0 radical (unpaired) electrons. The Morgan fingerprint density at radius 1 is 0.793 bits per heavy atom. The van der Waals surface area contributed by atoms with Crippen molar-refractivity contribution in [1.29, 1.82) is 0 Å². The minimum Gasteiger partial charge on any atom is -0.480 e. The Bertz CT molecular complexity index is 583. The molecule has 0 spiro atoms. The number of aliphatic hydroxyl groups is 1. The molecule has 3 amide bonds.